The van der Waals surface area contributed by atoms with Crippen LogP contribution in [-0.2, 0) is 10.0 Å². The molecule has 3 rings (SSSR count). The van der Waals surface area contributed by atoms with Crippen molar-refractivity contribution < 1.29 is 17.9 Å². The topological polar surface area (TPSA) is 96.5 Å². The molecule has 0 atom stereocenters. The summed E-state index contributed by atoms with van der Waals surface area (Å²) in [5.74, 6) is 0.406. The number of rotatable bonds is 6. The molecule has 7 nitrogen and oxygen atoms in total. The van der Waals surface area contributed by atoms with Crippen molar-refractivity contribution >= 4 is 33.1 Å². The molecule has 2 amide bonds. The number of amides is 2. The van der Waals surface area contributed by atoms with Gasteiger partial charge in [0.15, 0.2) is 0 Å². The lowest BCUT2D eigenvalue weighted by molar-refractivity contribution is 0.262. The second-order valence-corrected chi connectivity index (χ2v) is 8.41. The van der Waals surface area contributed by atoms with Gasteiger partial charge in [-0.2, -0.15) is 0 Å². The highest BCUT2D eigenvalue weighted by atomic mass is 32.2. The number of para-hydroxylation sites is 2. The number of benzene rings is 3. The predicted octanol–water partition coefficient (Wildman–Crippen LogP) is 4.76. The van der Waals surface area contributed by atoms with E-state index in [9.17, 15) is 13.2 Å². The molecule has 0 saturated carbocycles. The highest BCUT2D eigenvalue weighted by Crippen LogP contribution is 2.27. The van der Waals surface area contributed by atoms with Crippen LogP contribution < -0.4 is 20.1 Å². The Bertz CT molecular complexity index is 1160. The molecule has 156 valence electrons. The quantitative estimate of drug-likeness (QED) is 0.531. The average molecular weight is 426 g/mol. The van der Waals surface area contributed by atoms with Crippen molar-refractivity contribution in [2.75, 3.05) is 22.5 Å². The molecule has 0 saturated heterocycles. The van der Waals surface area contributed by atoms with Crippen LogP contribution in [0, 0.1) is 13.8 Å². The van der Waals surface area contributed by atoms with Gasteiger partial charge in [-0.3, -0.25) is 4.72 Å². The molecule has 0 aliphatic carbocycles. The monoisotopic (exact) mass is 425 g/mol. The van der Waals surface area contributed by atoms with Gasteiger partial charge in [-0.1, -0.05) is 35.9 Å². The molecule has 30 heavy (non-hydrogen) atoms. The van der Waals surface area contributed by atoms with Crippen LogP contribution in [0.2, 0.25) is 0 Å². The molecule has 3 aromatic rings. The second kappa shape index (κ2) is 8.87. The maximum Gasteiger partial charge on any atom is 0.323 e. The van der Waals surface area contributed by atoms with Crippen LogP contribution >= 0.6 is 0 Å². The molecule has 8 heteroatoms. The van der Waals surface area contributed by atoms with Gasteiger partial charge in [0.1, 0.15) is 5.75 Å². The fourth-order valence-corrected chi connectivity index (χ4v) is 3.85. The number of methoxy groups -OCH3 is 1. The zero-order valence-electron chi connectivity index (χ0n) is 16.9. The Morgan fingerprint density at radius 1 is 0.867 bits per heavy atom. The van der Waals surface area contributed by atoms with Gasteiger partial charge in [-0.15, -0.1) is 0 Å². The summed E-state index contributed by atoms with van der Waals surface area (Å²) in [7, 11) is -2.42. The van der Waals surface area contributed by atoms with Crippen LogP contribution in [0.25, 0.3) is 0 Å². The number of carbonyl (C=O) groups is 1. The van der Waals surface area contributed by atoms with E-state index in [1.54, 1.807) is 49.4 Å². The minimum atomic E-state index is -3.89. The first-order valence-corrected chi connectivity index (χ1v) is 10.7. The van der Waals surface area contributed by atoms with Gasteiger partial charge in [-0.25, -0.2) is 13.2 Å². The molecule has 0 spiro atoms. The zero-order valence-corrected chi connectivity index (χ0v) is 17.7. The summed E-state index contributed by atoms with van der Waals surface area (Å²) in [6.07, 6.45) is 0. The van der Waals surface area contributed by atoms with Crippen molar-refractivity contribution in [3.8, 4) is 5.75 Å². The number of hydrogen-bond acceptors (Lipinski definition) is 4. The fourth-order valence-electron chi connectivity index (χ4n) is 2.76. The van der Waals surface area contributed by atoms with Gasteiger partial charge in [0, 0.05) is 11.4 Å². The van der Waals surface area contributed by atoms with Crippen LogP contribution in [0.15, 0.2) is 71.6 Å². The number of anilines is 3. The smallest absolute Gasteiger partial charge is 0.323 e. The molecule has 3 N–H and O–H groups in total. The Balaban J connectivity index is 1.80. The van der Waals surface area contributed by atoms with Crippen molar-refractivity contribution in [1.29, 1.82) is 0 Å². The van der Waals surface area contributed by atoms with Gasteiger partial charge in [0.05, 0.1) is 17.7 Å². The predicted molar refractivity (Wildman–Crippen MR) is 119 cm³/mol. The van der Waals surface area contributed by atoms with E-state index in [4.69, 9.17) is 4.74 Å². The largest absolute Gasteiger partial charge is 0.495 e. The highest BCUT2D eigenvalue weighted by Gasteiger charge is 2.18. The van der Waals surface area contributed by atoms with Crippen LogP contribution in [0.4, 0.5) is 21.9 Å². The summed E-state index contributed by atoms with van der Waals surface area (Å²) in [5, 5.41) is 5.43. The Hall–Kier alpha value is -3.52. The van der Waals surface area contributed by atoms with E-state index in [0.29, 0.717) is 22.8 Å². The minimum absolute atomic E-state index is 0.0182. The number of nitrogens with one attached hydrogen (secondary N) is 3. The highest BCUT2D eigenvalue weighted by molar-refractivity contribution is 7.92. The number of aryl methyl sites for hydroxylation is 2. The first-order valence-electron chi connectivity index (χ1n) is 9.19. The summed E-state index contributed by atoms with van der Waals surface area (Å²) in [5.41, 5.74) is 3.16. The van der Waals surface area contributed by atoms with Gasteiger partial charge in [0.2, 0.25) is 0 Å². The lowest BCUT2D eigenvalue weighted by Gasteiger charge is -2.14. The van der Waals surface area contributed by atoms with E-state index in [1.807, 2.05) is 19.1 Å². The summed E-state index contributed by atoms with van der Waals surface area (Å²) < 4.78 is 33.4. The van der Waals surface area contributed by atoms with Crippen molar-refractivity contribution in [2.24, 2.45) is 0 Å². The fraction of sp³-hybridized carbons (Fsp3) is 0.136. The number of sulfonamides is 1. The molecule has 0 unspecified atom stereocenters. The maximum atomic E-state index is 12.8. The standard InChI is InChI=1S/C22H23N3O4S/c1-15-8-11-17(12-9-15)23-22(26)24-20-14-18(13-10-16(20)2)30(27,28)25-19-6-4-5-7-21(19)29-3/h4-14,25H,1-3H3,(H2,23,24,26). The van der Waals surface area contributed by atoms with E-state index in [1.165, 1.54) is 19.2 Å². The van der Waals surface area contributed by atoms with Gasteiger partial charge in [0.25, 0.3) is 10.0 Å². The SMILES string of the molecule is COc1ccccc1NS(=O)(=O)c1ccc(C)c(NC(=O)Nc2ccc(C)cc2)c1. The summed E-state index contributed by atoms with van der Waals surface area (Å²) in [4.78, 5) is 12.4. The Labute approximate surface area is 176 Å². The van der Waals surface area contributed by atoms with Gasteiger partial charge in [-0.05, 0) is 55.8 Å². The molecule has 0 aliphatic heterocycles. The Kier molecular flexibility index (Phi) is 6.27. The zero-order chi connectivity index (χ0) is 21.7. The molecular formula is C22H23N3O4S. The van der Waals surface area contributed by atoms with E-state index in [-0.39, 0.29) is 4.90 Å². The number of hydrogen-bond donors (Lipinski definition) is 3. The molecule has 0 fully saturated rings. The van der Waals surface area contributed by atoms with E-state index < -0.39 is 16.1 Å². The minimum Gasteiger partial charge on any atom is -0.495 e. The second-order valence-electron chi connectivity index (χ2n) is 6.73. The van der Waals surface area contributed by atoms with Crippen molar-refractivity contribution in [1.82, 2.24) is 0 Å². The number of urea groups is 1. The van der Waals surface area contributed by atoms with Gasteiger partial charge < -0.3 is 15.4 Å². The first-order chi connectivity index (χ1) is 14.3. The molecule has 3 aromatic carbocycles. The van der Waals surface area contributed by atoms with Crippen molar-refractivity contribution in [2.45, 2.75) is 18.7 Å². The van der Waals surface area contributed by atoms with Crippen LogP contribution in [-0.4, -0.2) is 21.6 Å². The van der Waals surface area contributed by atoms with E-state index in [2.05, 4.69) is 15.4 Å². The molecule has 0 bridgehead atoms. The van der Waals surface area contributed by atoms with Crippen molar-refractivity contribution in [3.05, 3.63) is 77.9 Å². The lowest BCUT2D eigenvalue weighted by Crippen LogP contribution is -2.20. The summed E-state index contributed by atoms with van der Waals surface area (Å²) in [6, 6.07) is 18.2. The summed E-state index contributed by atoms with van der Waals surface area (Å²) in [6.45, 7) is 3.74. The first kappa shape index (κ1) is 21.2. The third-order valence-corrected chi connectivity index (χ3v) is 5.79. The lowest BCUT2D eigenvalue weighted by atomic mass is 10.2. The van der Waals surface area contributed by atoms with E-state index >= 15 is 0 Å². The maximum absolute atomic E-state index is 12.8. The normalized spacial score (nSPS) is 10.9. The number of carbonyl (C=O) groups excluding carboxylic acids is 1. The third-order valence-electron chi connectivity index (χ3n) is 4.43. The third kappa shape index (κ3) is 5.09. The molecular weight excluding hydrogens is 402 g/mol. The van der Waals surface area contributed by atoms with Gasteiger partial charge >= 0.3 is 6.03 Å². The van der Waals surface area contributed by atoms with Crippen LogP contribution in [0.1, 0.15) is 11.1 Å². The summed E-state index contributed by atoms with van der Waals surface area (Å²) >= 11 is 0. The Morgan fingerprint density at radius 3 is 2.27 bits per heavy atom. The molecule has 0 aliphatic rings. The molecule has 0 heterocycles. The average Bonchev–Trinajstić information content (AvgIpc) is 2.71. The van der Waals surface area contributed by atoms with Crippen LogP contribution in [0.5, 0.6) is 5.75 Å². The molecule has 0 aromatic heterocycles. The van der Waals surface area contributed by atoms with Crippen LogP contribution in [0.3, 0.4) is 0 Å². The Morgan fingerprint density at radius 2 is 1.57 bits per heavy atom. The molecule has 0 radical (unpaired) electrons. The number of ether oxygens (including phenoxy) is 1. The van der Waals surface area contributed by atoms with E-state index in [0.717, 1.165) is 11.1 Å². The van der Waals surface area contributed by atoms with Crippen molar-refractivity contribution in [3.63, 3.8) is 0 Å².